The zero-order valence-electron chi connectivity index (χ0n) is 7.64. The summed E-state index contributed by atoms with van der Waals surface area (Å²) in [6.07, 6.45) is 0.550. The molecule has 2 aliphatic heterocycles. The number of carbonyl (C=O) groups is 1. The molecule has 3 N–H and O–H groups in total. The Hall–Kier alpha value is -0.660. The molecule has 0 aromatic rings. The van der Waals surface area contributed by atoms with Crippen LogP contribution in [0.15, 0.2) is 0 Å². The Morgan fingerprint density at radius 2 is 2.07 bits per heavy atom. The Labute approximate surface area is 82.5 Å². The molecule has 1 unspecified atom stereocenters. The van der Waals surface area contributed by atoms with Crippen LogP contribution in [0, 0.1) is 0 Å². The van der Waals surface area contributed by atoms with Crippen molar-refractivity contribution in [2.24, 2.45) is 5.73 Å². The Morgan fingerprint density at radius 3 is 2.36 bits per heavy atom. The first-order valence-corrected chi connectivity index (χ1v) is 6.04. The van der Waals surface area contributed by atoms with Gasteiger partial charge in [0.1, 0.15) is 11.3 Å². The summed E-state index contributed by atoms with van der Waals surface area (Å²) >= 11 is 0. The number of hydrogen-bond acceptors (Lipinski definition) is 4. The molecule has 0 aromatic carbocycles. The summed E-state index contributed by atoms with van der Waals surface area (Å²) in [6, 6.07) is -0.611. The topological polar surface area (TPSA) is 92.5 Å². The minimum absolute atomic E-state index is 0.371. The summed E-state index contributed by atoms with van der Waals surface area (Å²) in [5.41, 5.74) is 5.08. The summed E-state index contributed by atoms with van der Waals surface area (Å²) in [6.45, 7) is 1.38. The largest absolute Gasteiger partial charge is 0.368 e. The van der Waals surface area contributed by atoms with Gasteiger partial charge < -0.3 is 11.1 Å². The molecule has 0 aliphatic carbocycles. The van der Waals surface area contributed by atoms with Crippen LogP contribution in [0.2, 0.25) is 0 Å². The van der Waals surface area contributed by atoms with E-state index in [4.69, 9.17) is 5.73 Å². The van der Waals surface area contributed by atoms with Crippen LogP contribution in [0.3, 0.4) is 0 Å². The van der Waals surface area contributed by atoms with Crippen molar-refractivity contribution in [3.8, 4) is 0 Å². The Morgan fingerprint density at radius 1 is 1.43 bits per heavy atom. The van der Waals surface area contributed by atoms with Gasteiger partial charge in [-0.1, -0.05) is 0 Å². The van der Waals surface area contributed by atoms with Gasteiger partial charge in [-0.05, 0) is 6.42 Å². The average Bonchev–Trinajstić information content (AvgIpc) is 1.72. The standard InChI is InChI=1S/C7H13N3O3S/c8-7(11)6-1-2-10(6)14(12,13)5-3-9-4-5/h5-6,9H,1-4H2,(H2,8,11). The molecule has 0 aromatic heterocycles. The van der Waals surface area contributed by atoms with Gasteiger partial charge in [0.25, 0.3) is 0 Å². The quantitative estimate of drug-likeness (QED) is 0.566. The van der Waals surface area contributed by atoms with Gasteiger partial charge in [0.05, 0.1) is 0 Å². The number of rotatable bonds is 3. The third-order valence-electron chi connectivity index (χ3n) is 2.79. The van der Waals surface area contributed by atoms with Gasteiger partial charge in [0, 0.05) is 19.6 Å². The van der Waals surface area contributed by atoms with E-state index in [0.29, 0.717) is 26.1 Å². The fourth-order valence-electron chi connectivity index (χ4n) is 1.62. The van der Waals surface area contributed by atoms with Crippen LogP contribution >= 0.6 is 0 Å². The number of sulfonamides is 1. The molecule has 2 aliphatic rings. The van der Waals surface area contributed by atoms with Crippen LogP contribution in [0.4, 0.5) is 0 Å². The normalized spacial score (nSPS) is 29.3. The molecule has 6 nitrogen and oxygen atoms in total. The molecule has 0 radical (unpaired) electrons. The predicted octanol–water partition coefficient (Wildman–Crippen LogP) is -2.15. The second-order valence-corrected chi connectivity index (χ2v) is 5.81. The molecule has 2 rings (SSSR count). The molecule has 0 saturated carbocycles. The second-order valence-electron chi connectivity index (χ2n) is 3.64. The summed E-state index contributed by atoms with van der Waals surface area (Å²) in [5.74, 6) is -0.549. The van der Waals surface area contributed by atoms with Gasteiger partial charge in [-0.3, -0.25) is 4.79 Å². The number of nitrogens with one attached hydrogen (secondary N) is 1. The lowest BCUT2D eigenvalue weighted by Crippen LogP contribution is -2.64. The Bertz CT molecular complexity index is 349. The van der Waals surface area contributed by atoms with Gasteiger partial charge in [0.15, 0.2) is 0 Å². The molecule has 14 heavy (non-hydrogen) atoms. The third-order valence-corrected chi connectivity index (χ3v) is 5.06. The van der Waals surface area contributed by atoms with Crippen LogP contribution < -0.4 is 11.1 Å². The smallest absolute Gasteiger partial charge is 0.235 e. The molecule has 2 heterocycles. The number of hydrogen-bond donors (Lipinski definition) is 2. The highest BCUT2D eigenvalue weighted by Gasteiger charge is 2.46. The lowest BCUT2D eigenvalue weighted by molar-refractivity contribution is -0.124. The van der Waals surface area contributed by atoms with Crippen molar-refractivity contribution in [1.29, 1.82) is 0 Å². The van der Waals surface area contributed by atoms with Crippen molar-refractivity contribution in [2.75, 3.05) is 19.6 Å². The lowest BCUT2D eigenvalue weighted by Gasteiger charge is -2.41. The molecule has 7 heteroatoms. The molecular weight excluding hydrogens is 206 g/mol. The zero-order chi connectivity index (χ0) is 10.3. The summed E-state index contributed by atoms with van der Waals surface area (Å²) in [7, 11) is -3.29. The van der Waals surface area contributed by atoms with Crippen molar-refractivity contribution in [3.05, 3.63) is 0 Å². The summed E-state index contributed by atoms with van der Waals surface area (Å²) in [5, 5.41) is 2.52. The number of nitrogens with zero attached hydrogens (tertiary/aromatic N) is 1. The molecular formula is C7H13N3O3S. The highest BCUT2D eigenvalue weighted by atomic mass is 32.2. The minimum Gasteiger partial charge on any atom is -0.368 e. The maximum atomic E-state index is 11.8. The van der Waals surface area contributed by atoms with Crippen LogP contribution in [0.1, 0.15) is 6.42 Å². The van der Waals surface area contributed by atoms with Gasteiger partial charge >= 0.3 is 0 Å². The van der Waals surface area contributed by atoms with Crippen LogP contribution in [0.25, 0.3) is 0 Å². The van der Waals surface area contributed by atoms with Crippen molar-refractivity contribution in [2.45, 2.75) is 17.7 Å². The van der Waals surface area contributed by atoms with Gasteiger partial charge in [-0.25, -0.2) is 8.42 Å². The van der Waals surface area contributed by atoms with E-state index in [9.17, 15) is 13.2 Å². The number of primary amides is 1. The average molecular weight is 219 g/mol. The van der Waals surface area contributed by atoms with E-state index >= 15 is 0 Å². The molecule has 0 spiro atoms. The van der Waals surface area contributed by atoms with Crippen LogP contribution in [0.5, 0.6) is 0 Å². The first-order valence-electron chi connectivity index (χ1n) is 4.54. The monoisotopic (exact) mass is 219 g/mol. The van der Waals surface area contributed by atoms with Gasteiger partial charge in [-0.15, -0.1) is 0 Å². The van der Waals surface area contributed by atoms with E-state index in [1.54, 1.807) is 0 Å². The number of carbonyl (C=O) groups excluding carboxylic acids is 1. The first kappa shape index (κ1) is 9.88. The van der Waals surface area contributed by atoms with Crippen molar-refractivity contribution in [1.82, 2.24) is 9.62 Å². The van der Waals surface area contributed by atoms with Gasteiger partial charge in [-0.2, -0.15) is 4.31 Å². The lowest BCUT2D eigenvalue weighted by atomic mass is 10.1. The first-order chi connectivity index (χ1) is 6.53. The maximum absolute atomic E-state index is 11.8. The molecule has 80 valence electrons. The van der Waals surface area contributed by atoms with Crippen LogP contribution in [-0.2, 0) is 14.8 Å². The van der Waals surface area contributed by atoms with Crippen molar-refractivity contribution in [3.63, 3.8) is 0 Å². The Kier molecular flexibility index (Phi) is 2.24. The van der Waals surface area contributed by atoms with Crippen molar-refractivity contribution >= 4 is 15.9 Å². The van der Waals surface area contributed by atoms with Crippen molar-refractivity contribution < 1.29 is 13.2 Å². The van der Waals surface area contributed by atoms with E-state index < -0.39 is 22.0 Å². The van der Waals surface area contributed by atoms with E-state index in [2.05, 4.69) is 5.32 Å². The molecule has 1 atom stereocenters. The summed E-state index contributed by atoms with van der Waals surface area (Å²) in [4.78, 5) is 10.9. The van der Waals surface area contributed by atoms with Gasteiger partial charge in [0.2, 0.25) is 15.9 Å². The van der Waals surface area contributed by atoms with E-state index in [0.717, 1.165) is 0 Å². The number of nitrogens with two attached hydrogens (primary N) is 1. The van der Waals surface area contributed by atoms with E-state index in [1.807, 2.05) is 0 Å². The molecule has 1 amide bonds. The fourth-order valence-corrected chi connectivity index (χ4v) is 3.58. The SMILES string of the molecule is NC(=O)C1CCN1S(=O)(=O)C1CNC1. The zero-order valence-corrected chi connectivity index (χ0v) is 8.46. The molecule has 2 fully saturated rings. The fraction of sp³-hybridized carbons (Fsp3) is 0.857. The van der Waals surface area contributed by atoms with E-state index in [-0.39, 0.29) is 5.25 Å². The maximum Gasteiger partial charge on any atom is 0.235 e. The third kappa shape index (κ3) is 1.32. The highest BCUT2D eigenvalue weighted by molar-refractivity contribution is 7.90. The number of amides is 1. The Balaban J connectivity index is 2.11. The molecule has 2 saturated heterocycles. The minimum atomic E-state index is -3.29. The van der Waals surface area contributed by atoms with Crippen LogP contribution in [-0.4, -0.2) is 49.6 Å². The highest BCUT2D eigenvalue weighted by Crippen LogP contribution is 2.25. The summed E-state index contributed by atoms with van der Waals surface area (Å²) < 4.78 is 24.8. The molecule has 0 bridgehead atoms. The van der Waals surface area contributed by atoms with E-state index in [1.165, 1.54) is 4.31 Å². The second kappa shape index (κ2) is 3.18. The predicted molar refractivity (Wildman–Crippen MR) is 49.9 cm³/mol.